The molecule has 4 aromatic rings. The van der Waals surface area contributed by atoms with Crippen molar-refractivity contribution < 1.29 is 0 Å². The number of aryl methyl sites for hydroxylation is 2. The molecular formula is C15H13N7OS2. The minimum absolute atomic E-state index is 0.0235. The van der Waals surface area contributed by atoms with Crippen molar-refractivity contribution in [2.45, 2.75) is 35.9 Å². The zero-order chi connectivity index (χ0) is 17.0. The summed E-state index contributed by atoms with van der Waals surface area (Å²) >= 11 is 2.99. The third-order valence-electron chi connectivity index (χ3n) is 4.40. The molecule has 126 valence electrons. The lowest BCUT2D eigenvalue weighted by Gasteiger charge is -2.10. The van der Waals surface area contributed by atoms with E-state index in [0.29, 0.717) is 15.8 Å². The monoisotopic (exact) mass is 371 g/mol. The van der Waals surface area contributed by atoms with Gasteiger partial charge >= 0.3 is 0 Å². The summed E-state index contributed by atoms with van der Waals surface area (Å²) in [6.45, 7) is 0. The first-order valence-electron chi connectivity index (χ1n) is 7.95. The SMILES string of the molecule is Cn1c(Sc2ccc3nnnn3n2)nc2sc3c(c2c1=O)CCCC3. The molecule has 0 unspecified atom stereocenters. The van der Waals surface area contributed by atoms with Gasteiger partial charge in [0, 0.05) is 11.9 Å². The van der Waals surface area contributed by atoms with E-state index in [1.54, 1.807) is 29.0 Å². The summed E-state index contributed by atoms with van der Waals surface area (Å²) in [5.74, 6) is 0. The van der Waals surface area contributed by atoms with Gasteiger partial charge in [-0.15, -0.1) is 26.2 Å². The summed E-state index contributed by atoms with van der Waals surface area (Å²) in [5, 5.41) is 17.7. The minimum Gasteiger partial charge on any atom is -0.290 e. The van der Waals surface area contributed by atoms with E-state index in [2.05, 4.69) is 20.6 Å². The Labute approximate surface area is 149 Å². The molecular weight excluding hydrogens is 358 g/mol. The van der Waals surface area contributed by atoms with Crippen molar-refractivity contribution in [2.24, 2.45) is 7.05 Å². The van der Waals surface area contributed by atoms with Crippen LogP contribution in [0.1, 0.15) is 23.3 Å². The summed E-state index contributed by atoms with van der Waals surface area (Å²) in [5.41, 5.74) is 1.81. The third kappa shape index (κ3) is 2.35. The molecule has 0 N–H and O–H groups in total. The van der Waals surface area contributed by atoms with Gasteiger partial charge in [0.1, 0.15) is 9.86 Å². The van der Waals surface area contributed by atoms with E-state index in [4.69, 9.17) is 4.98 Å². The van der Waals surface area contributed by atoms with Gasteiger partial charge in [0.2, 0.25) is 0 Å². The molecule has 4 heterocycles. The molecule has 1 aliphatic carbocycles. The van der Waals surface area contributed by atoms with Gasteiger partial charge in [-0.05, 0) is 65.6 Å². The van der Waals surface area contributed by atoms with Gasteiger partial charge in [0.25, 0.3) is 5.56 Å². The van der Waals surface area contributed by atoms with Crippen LogP contribution in [0.4, 0.5) is 0 Å². The lowest BCUT2D eigenvalue weighted by Crippen LogP contribution is -2.20. The second-order valence-corrected chi connectivity index (χ2v) is 8.02. The predicted molar refractivity (Wildman–Crippen MR) is 94.2 cm³/mol. The summed E-state index contributed by atoms with van der Waals surface area (Å²) in [7, 11) is 1.76. The number of nitrogens with zero attached hydrogens (tertiary/aromatic N) is 7. The van der Waals surface area contributed by atoms with Crippen LogP contribution in [0.2, 0.25) is 0 Å². The van der Waals surface area contributed by atoms with Gasteiger partial charge in [-0.2, -0.15) is 0 Å². The molecule has 4 aromatic heterocycles. The van der Waals surface area contributed by atoms with Crippen molar-refractivity contribution in [1.29, 1.82) is 0 Å². The Hall–Kier alpha value is -2.33. The number of fused-ring (bicyclic) bond motifs is 4. The molecule has 0 amide bonds. The van der Waals surface area contributed by atoms with Gasteiger partial charge in [-0.1, -0.05) is 0 Å². The molecule has 5 rings (SSSR count). The van der Waals surface area contributed by atoms with Crippen molar-refractivity contribution in [1.82, 2.24) is 34.8 Å². The second-order valence-electron chi connectivity index (χ2n) is 5.95. The minimum atomic E-state index is 0.0235. The standard InChI is InChI=1S/C15H13N7OS2/c1-21-14(23)12-8-4-2-3-5-9(8)24-13(12)16-15(21)25-11-7-6-10-17-19-20-22(10)18-11/h6-7H,2-5H2,1H3. The molecule has 0 spiro atoms. The van der Waals surface area contributed by atoms with Crippen molar-refractivity contribution in [2.75, 3.05) is 0 Å². The summed E-state index contributed by atoms with van der Waals surface area (Å²) < 4.78 is 2.98. The van der Waals surface area contributed by atoms with Gasteiger partial charge in [0.05, 0.1) is 5.39 Å². The molecule has 0 fully saturated rings. The van der Waals surface area contributed by atoms with Crippen LogP contribution in [0, 0.1) is 0 Å². The first-order valence-corrected chi connectivity index (χ1v) is 9.58. The smallest absolute Gasteiger partial charge is 0.262 e. The van der Waals surface area contributed by atoms with Crippen molar-refractivity contribution in [3.63, 3.8) is 0 Å². The fourth-order valence-electron chi connectivity index (χ4n) is 3.14. The summed E-state index contributed by atoms with van der Waals surface area (Å²) in [6.07, 6.45) is 4.38. The van der Waals surface area contributed by atoms with Crippen molar-refractivity contribution >= 4 is 39.0 Å². The van der Waals surface area contributed by atoms with Crippen molar-refractivity contribution in [3.05, 3.63) is 32.9 Å². The Bertz CT molecular complexity index is 1180. The average molecular weight is 371 g/mol. The zero-order valence-electron chi connectivity index (χ0n) is 13.3. The van der Waals surface area contributed by atoms with E-state index in [1.807, 2.05) is 6.07 Å². The Kier molecular flexibility index (Phi) is 3.35. The quantitative estimate of drug-likeness (QED) is 0.497. The molecule has 8 nitrogen and oxygen atoms in total. The average Bonchev–Trinajstić information content (AvgIpc) is 3.22. The van der Waals surface area contributed by atoms with Crippen LogP contribution in [0.25, 0.3) is 15.9 Å². The maximum absolute atomic E-state index is 12.9. The maximum atomic E-state index is 12.9. The lowest BCUT2D eigenvalue weighted by atomic mass is 9.97. The largest absolute Gasteiger partial charge is 0.290 e. The lowest BCUT2D eigenvalue weighted by molar-refractivity contribution is 0.691. The predicted octanol–water partition coefficient (Wildman–Crippen LogP) is 1.86. The summed E-state index contributed by atoms with van der Waals surface area (Å²) in [6, 6.07) is 3.61. The third-order valence-corrected chi connectivity index (χ3v) is 6.56. The topological polar surface area (TPSA) is 90.9 Å². The first-order chi connectivity index (χ1) is 12.2. The molecule has 0 saturated heterocycles. The molecule has 25 heavy (non-hydrogen) atoms. The molecule has 0 aromatic carbocycles. The molecule has 0 aliphatic heterocycles. The fourth-order valence-corrected chi connectivity index (χ4v) is 5.25. The van der Waals surface area contributed by atoms with Gasteiger partial charge in [-0.25, -0.2) is 4.98 Å². The van der Waals surface area contributed by atoms with E-state index in [0.717, 1.165) is 29.5 Å². The first kappa shape index (κ1) is 15.0. The Balaban J connectivity index is 1.63. The molecule has 0 saturated carbocycles. The van der Waals surface area contributed by atoms with Gasteiger partial charge < -0.3 is 0 Å². The van der Waals surface area contributed by atoms with Crippen LogP contribution in [0.5, 0.6) is 0 Å². The number of thiophene rings is 1. The van der Waals surface area contributed by atoms with E-state index in [9.17, 15) is 4.79 Å². The second kappa shape index (κ2) is 5.60. The van der Waals surface area contributed by atoms with Gasteiger partial charge in [0.15, 0.2) is 10.8 Å². The van der Waals surface area contributed by atoms with E-state index in [1.165, 1.54) is 33.3 Å². The zero-order valence-corrected chi connectivity index (χ0v) is 15.0. The number of hydrogen-bond acceptors (Lipinski definition) is 8. The van der Waals surface area contributed by atoms with Gasteiger partial charge in [-0.3, -0.25) is 9.36 Å². The Morgan fingerprint density at radius 2 is 2.12 bits per heavy atom. The summed E-state index contributed by atoms with van der Waals surface area (Å²) in [4.78, 5) is 19.8. The highest BCUT2D eigenvalue weighted by Gasteiger charge is 2.21. The number of aromatic nitrogens is 7. The van der Waals surface area contributed by atoms with Crippen LogP contribution in [-0.2, 0) is 19.9 Å². The highest BCUT2D eigenvalue weighted by molar-refractivity contribution is 7.99. The molecule has 0 atom stereocenters. The fraction of sp³-hybridized carbons (Fsp3) is 0.333. The normalized spacial score (nSPS) is 14.3. The molecule has 0 bridgehead atoms. The highest BCUT2D eigenvalue weighted by Crippen LogP contribution is 2.35. The van der Waals surface area contributed by atoms with Crippen LogP contribution in [0.3, 0.4) is 0 Å². The van der Waals surface area contributed by atoms with Crippen LogP contribution in [-0.4, -0.2) is 34.8 Å². The molecule has 10 heteroatoms. The van der Waals surface area contributed by atoms with E-state index in [-0.39, 0.29) is 5.56 Å². The van der Waals surface area contributed by atoms with Crippen molar-refractivity contribution in [3.8, 4) is 0 Å². The van der Waals surface area contributed by atoms with E-state index >= 15 is 0 Å². The van der Waals surface area contributed by atoms with Crippen LogP contribution in [0.15, 0.2) is 27.1 Å². The Morgan fingerprint density at radius 1 is 1.24 bits per heavy atom. The van der Waals surface area contributed by atoms with Crippen LogP contribution >= 0.6 is 23.1 Å². The number of tetrazole rings is 1. The number of hydrogen-bond donors (Lipinski definition) is 0. The highest BCUT2D eigenvalue weighted by atomic mass is 32.2. The molecule has 1 aliphatic rings. The van der Waals surface area contributed by atoms with E-state index < -0.39 is 0 Å². The maximum Gasteiger partial charge on any atom is 0.262 e. The van der Waals surface area contributed by atoms with Crippen LogP contribution < -0.4 is 5.56 Å². The Morgan fingerprint density at radius 3 is 3.04 bits per heavy atom. The molecule has 0 radical (unpaired) electrons. The number of rotatable bonds is 2.